The lowest BCUT2D eigenvalue weighted by atomic mass is 10.1. The Balaban J connectivity index is 2.45. The van der Waals surface area contributed by atoms with Gasteiger partial charge in [-0.15, -0.1) is 0 Å². The first-order valence-electron chi connectivity index (χ1n) is 5.62. The van der Waals surface area contributed by atoms with E-state index in [1.54, 1.807) is 11.8 Å². The monoisotopic (exact) mass is 226 g/mol. The Bertz CT molecular complexity index is 300. The number of rotatable bonds is 7. The fraction of sp³-hybridized carbons (Fsp3) is 0.727. The molecule has 1 unspecified atom stereocenters. The topological polar surface area (TPSA) is 56.3 Å². The lowest BCUT2D eigenvalue weighted by Gasteiger charge is -2.23. The average molecular weight is 226 g/mol. The molecule has 1 aromatic rings. The summed E-state index contributed by atoms with van der Waals surface area (Å²) >= 11 is 0. The second-order valence-corrected chi connectivity index (χ2v) is 3.94. The van der Waals surface area contributed by atoms with E-state index in [-0.39, 0.29) is 6.04 Å². The van der Waals surface area contributed by atoms with Crippen molar-refractivity contribution in [1.29, 1.82) is 0 Å². The number of hydrogen-bond acceptors (Lipinski definition) is 4. The molecule has 0 bridgehead atoms. The zero-order valence-corrected chi connectivity index (χ0v) is 10.4. The minimum absolute atomic E-state index is 0.0190. The molecular formula is C11H22N4O. The highest BCUT2D eigenvalue weighted by Gasteiger charge is 2.12. The Morgan fingerprint density at radius 1 is 1.62 bits per heavy atom. The molecule has 1 aromatic heterocycles. The molecule has 0 saturated heterocycles. The molecule has 5 nitrogen and oxygen atoms in total. The highest BCUT2D eigenvalue weighted by molar-refractivity contribution is 5.09. The molecule has 0 fully saturated rings. The molecule has 0 aliphatic carbocycles. The van der Waals surface area contributed by atoms with Gasteiger partial charge in [0.25, 0.3) is 0 Å². The van der Waals surface area contributed by atoms with Crippen molar-refractivity contribution in [2.24, 2.45) is 12.8 Å². The van der Waals surface area contributed by atoms with Crippen LogP contribution in [-0.2, 0) is 11.8 Å². The Hall–Kier alpha value is -0.910. The van der Waals surface area contributed by atoms with Crippen LogP contribution in [0.3, 0.4) is 0 Å². The molecule has 1 rings (SSSR count). The Morgan fingerprint density at radius 2 is 2.38 bits per heavy atom. The Labute approximate surface area is 97.2 Å². The minimum Gasteiger partial charge on any atom is -0.383 e. The van der Waals surface area contributed by atoms with E-state index < -0.39 is 0 Å². The van der Waals surface area contributed by atoms with Gasteiger partial charge in [0.1, 0.15) is 0 Å². The molecule has 0 aromatic carbocycles. The Morgan fingerprint density at radius 3 is 2.88 bits per heavy atom. The zero-order valence-electron chi connectivity index (χ0n) is 10.4. The van der Waals surface area contributed by atoms with Crippen molar-refractivity contribution in [3.8, 4) is 0 Å². The van der Waals surface area contributed by atoms with Gasteiger partial charge in [-0.05, 0) is 6.54 Å². The van der Waals surface area contributed by atoms with Crippen molar-refractivity contribution in [2.45, 2.75) is 13.0 Å². The molecule has 0 spiro atoms. The summed E-state index contributed by atoms with van der Waals surface area (Å²) in [4.78, 5) is 2.28. The molecule has 1 heterocycles. The average Bonchev–Trinajstić information content (AvgIpc) is 2.70. The summed E-state index contributed by atoms with van der Waals surface area (Å²) < 4.78 is 6.85. The van der Waals surface area contributed by atoms with Gasteiger partial charge in [-0.25, -0.2) is 0 Å². The van der Waals surface area contributed by atoms with Crippen molar-refractivity contribution in [1.82, 2.24) is 14.7 Å². The van der Waals surface area contributed by atoms with Crippen molar-refractivity contribution in [3.63, 3.8) is 0 Å². The summed E-state index contributed by atoms with van der Waals surface area (Å²) in [6.45, 7) is 5.61. The maximum atomic E-state index is 6.12. The van der Waals surface area contributed by atoms with Gasteiger partial charge in [0.2, 0.25) is 0 Å². The fourth-order valence-corrected chi connectivity index (χ4v) is 1.61. The molecule has 0 aliphatic heterocycles. The van der Waals surface area contributed by atoms with Crippen LogP contribution in [0.25, 0.3) is 0 Å². The van der Waals surface area contributed by atoms with Gasteiger partial charge >= 0.3 is 0 Å². The number of methoxy groups -OCH3 is 1. The second-order valence-electron chi connectivity index (χ2n) is 3.94. The van der Waals surface area contributed by atoms with Gasteiger partial charge in [0, 0.05) is 45.0 Å². The normalized spacial score (nSPS) is 13.3. The van der Waals surface area contributed by atoms with E-state index in [4.69, 9.17) is 10.5 Å². The van der Waals surface area contributed by atoms with Gasteiger partial charge in [-0.2, -0.15) is 5.10 Å². The quantitative estimate of drug-likeness (QED) is 0.730. The molecule has 5 heteroatoms. The van der Waals surface area contributed by atoms with E-state index in [0.29, 0.717) is 0 Å². The van der Waals surface area contributed by atoms with Gasteiger partial charge in [-0.1, -0.05) is 6.92 Å². The maximum absolute atomic E-state index is 6.12. The highest BCUT2D eigenvalue weighted by atomic mass is 16.5. The third-order valence-electron chi connectivity index (χ3n) is 2.67. The molecule has 2 N–H and O–H groups in total. The number of likely N-dealkylation sites (N-methyl/N-ethyl adjacent to an activating group) is 1. The zero-order chi connectivity index (χ0) is 12.0. The largest absolute Gasteiger partial charge is 0.383 e. The van der Waals surface area contributed by atoms with Crippen molar-refractivity contribution >= 4 is 0 Å². The minimum atomic E-state index is 0.0190. The molecular weight excluding hydrogens is 204 g/mol. The standard InChI is InChI=1S/C11H22N4O/c1-4-15(5-6-16-3)9-11(12)10-7-13-14(2)8-10/h7-8,11H,4-6,9,12H2,1-3H3. The number of nitrogens with zero attached hydrogens (tertiary/aromatic N) is 3. The van der Waals surface area contributed by atoms with Gasteiger partial charge < -0.3 is 10.5 Å². The van der Waals surface area contributed by atoms with Crippen molar-refractivity contribution in [2.75, 3.05) is 33.4 Å². The van der Waals surface area contributed by atoms with E-state index >= 15 is 0 Å². The van der Waals surface area contributed by atoms with Crippen molar-refractivity contribution in [3.05, 3.63) is 18.0 Å². The van der Waals surface area contributed by atoms with Crippen molar-refractivity contribution < 1.29 is 4.74 Å². The maximum Gasteiger partial charge on any atom is 0.0589 e. The third kappa shape index (κ3) is 3.92. The SMILES string of the molecule is CCN(CCOC)CC(N)c1cnn(C)c1. The van der Waals surface area contributed by atoms with Crippen LogP contribution < -0.4 is 5.73 Å². The molecule has 0 amide bonds. The molecule has 0 radical (unpaired) electrons. The van der Waals surface area contributed by atoms with Crippen LogP contribution in [0.4, 0.5) is 0 Å². The van der Waals surface area contributed by atoms with Crippen LogP contribution >= 0.6 is 0 Å². The van der Waals surface area contributed by atoms with Crippen LogP contribution in [0.2, 0.25) is 0 Å². The van der Waals surface area contributed by atoms with E-state index in [0.717, 1.165) is 31.8 Å². The predicted molar refractivity (Wildman–Crippen MR) is 64.1 cm³/mol. The summed E-state index contributed by atoms with van der Waals surface area (Å²) in [5, 5.41) is 4.13. The first kappa shape index (κ1) is 13.2. The van der Waals surface area contributed by atoms with Gasteiger partial charge in [-0.3, -0.25) is 9.58 Å². The molecule has 92 valence electrons. The smallest absolute Gasteiger partial charge is 0.0589 e. The molecule has 16 heavy (non-hydrogen) atoms. The van der Waals surface area contributed by atoms with Crippen LogP contribution in [0.15, 0.2) is 12.4 Å². The number of aryl methyl sites for hydroxylation is 1. The lowest BCUT2D eigenvalue weighted by Crippen LogP contribution is -2.34. The first-order valence-corrected chi connectivity index (χ1v) is 5.62. The van der Waals surface area contributed by atoms with Crippen LogP contribution in [-0.4, -0.2) is 48.0 Å². The number of nitrogens with two attached hydrogens (primary N) is 1. The van der Waals surface area contributed by atoms with E-state index in [1.807, 2.05) is 19.4 Å². The van der Waals surface area contributed by atoms with E-state index in [9.17, 15) is 0 Å². The summed E-state index contributed by atoms with van der Waals surface area (Å²) in [5.74, 6) is 0. The molecule has 0 saturated carbocycles. The van der Waals surface area contributed by atoms with Gasteiger partial charge in [0.15, 0.2) is 0 Å². The fourth-order valence-electron chi connectivity index (χ4n) is 1.61. The van der Waals surface area contributed by atoms with Crippen LogP contribution in [0.5, 0.6) is 0 Å². The summed E-state index contributed by atoms with van der Waals surface area (Å²) in [6.07, 6.45) is 3.80. The number of aromatic nitrogens is 2. The first-order chi connectivity index (χ1) is 7.67. The summed E-state index contributed by atoms with van der Waals surface area (Å²) in [6, 6.07) is 0.0190. The van der Waals surface area contributed by atoms with E-state index in [1.165, 1.54) is 0 Å². The molecule has 1 atom stereocenters. The molecule has 0 aliphatic rings. The lowest BCUT2D eigenvalue weighted by molar-refractivity contribution is 0.147. The van der Waals surface area contributed by atoms with Gasteiger partial charge in [0.05, 0.1) is 12.8 Å². The second kappa shape index (κ2) is 6.62. The van der Waals surface area contributed by atoms with Crippen LogP contribution in [0, 0.1) is 0 Å². The van der Waals surface area contributed by atoms with E-state index in [2.05, 4.69) is 16.9 Å². The third-order valence-corrected chi connectivity index (χ3v) is 2.67. The summed E-state index contributed by atoms with van der Waals surface area (Å²) in [7, 11) is 3.62. The van der Waals surface area contributed by atoms with Crippen LogP contribution in [0.1, 0.15) is 18.5 Å². The predicted octanol–water partition coefficient (Wildman–Crippen LogP) is 0.388. The number of hydrogen-bond donors (Lipinski definition) is 1. The highest BCUT2D eigenvalue weighted by Crippen LogP contribution is 2.10. The Kier molecular flexibility index (Phi) is 5.45. The summed E-state index contributed by atoms with van der Waals surface area (Å²) in [5.41, 5.74) is 7.20. The number of ether oxygens (including phenoxy) is 1.